The third-order valence-electron chi connectivity index (χ3n) is 2.47. The topological polar surface area (TPSA) is 83.8 Å². The molecule has 18 heavy (non-hydrogen) atoms. The average Bonchev–Trinajstić information content (AvgIpc) is 2.35. The van der Waals surface area contributed by atoms with Gasteiger partial charge in [-0.1, -0.05) is 29.8 Å². The van der Waals surface area contributed by atoms with Crippen LogP contribution in [-0.4, -0.2) is 30.9 Å². The Hall–Kier alpha value is -1.69. The summed E-state index contributed by atoms with van der Waals surface area (Å²) in [6.07, 6.45) is 0.100. The number of hydrogen-bond donors (Lipinski definition) is 1. The molecule has 1 aromatic rings. The molecule has 0 aliphatic rings. The minimum atomic E-state index is -3.66. The number of carbonyl (C=O) groups is 1. The van der Waals surface area contributed by atoms with Crippen molar-refractivity contribution in [2.45, 2.75) is 25.2 Å². The number of Topliss-reactive ketones (excluding diaryl/α,β-unsaturated/α-hetero) is 1. The maximum absolute atomic E-state index is 12.0. The molecule has 0 heterocycles. The van der Waals surface area contributed by atoms with E-state index in [1.807, 2.05) is 6.92 Å². The summed E-state index contributed by atoms with van der Waals surface area (Å²) in [6.45, 7) is 3.42. The number of benzene rings is 1. The molecule has 1 rings (SSSR count). The molecule has 0 unspecified atom stereocenters. The summed E-state index contributed by atoms with van der Waals surface area (Å²) in [4.78, 5) is 11.5. The molecule has 0 aliphatic carbocycles. The molecule has 0 saturated carbocycles. The summed E-state index contributed by atoms with van der Waals surface area (Å²) in [6, 6.07) is 6.28. The van der Waals surface area contributed by atoms with Gasteiger partial charge in [-0.3, -0.25) is 4.79 Å². The lowest BCUT2D eigenvalue weighted by Gasteiger charge is -2.05. The smallest absolute Gasteiger partial charge is 0.184 e. The molecule has 0 aliphatic heterocycles. The van der Waals surface area contributed by atoms with Crippen LogP contribution < -0.4 is 0 Å². The van der Waals surface area contributed by atoms with Gasteiger partial charge in [0.1, 0.15) is 11.5 Å². The van der Waals surface area contributed by atoms with Crippen LogP contribution in [0.3, 0.4) is 0 Å². The Morgan fingerprint density at radius 3 is 2.28 bits per heavy atom. The molecule has 0 atom stereocenters. The summed E-state index contributed by atoms with van der Waals surface area (Å²) in [7, 11) is -3.66. The van der Waals surface area contributed by atoms with Gasteiger partial charge < -0.3 is 5.21 Å². The van der Waals surface area contributed by atoms with E-state index in [0.717, 1.165) is 5.56 Å². The minimum Gasteiger partial charge on any atom is -0.411 e. The first kappa shape index (κ1) is 14.4. The van der Waals surface area contributed by atoms with Crippen molar-refractivity contribution in [1.82, 2.24) is 0 Å². The predicted octanol–water partition coefficient (Wildman–Crippen LogP) is 1.58. The number of aryl methyl sites for hydroxylation is 1. The SMILES string of the molecule is CCC(=O)C(CS(=O)(=O)c1ccc(C)cc1)=NO. The second-order valence-electron chi connectivity index (χ2n) is 3.90. The average molecular weight is 269 g/mol. The van der Waals surface area contributed by atoms with Crippen molar-refractivity contribution in [2.75, 3.05) is 5.75 Å². The Morgan fingerprint density at radius 2 is 1.83 bits per heavy atom. The second kappa shape index (κ2) is 5.77. The van der Waals surface area contributed by atoms with Crippen LogP contribution in [0.15, 0.2) is 34.3 Å². The largest absolute Gasteiger partial charge is 0.411 e. The predicted molar refractivity (Wildman–Crippen MR) is 67.8 cm³/mol. The monoisotopic (exact) mass is 269 g/mol. The van der Waals surface area contributed by atoms with E-state index in [0.29, 0.717) is 0 Å². The van der Waals surface area contributed by atoms with E-state index in [4.69, 9.17) is 5.21 Å². The van der Waals surface area contributed by atoms with Gasteiger partial charge in [-0.2, -0.15) is 0 Å². The molecule has 0 spiro atoms. The van der Waals surface area contributed by atoms with Crippen LogP contribution >= 0.6 is 0 Å². The van der Waals surface area contributed by atoms with Crippen LogP contribution in [0.25, 0.3) is 0 Å². The zero-order valence-electron chi connectivity index (χ0n) is 10.3. The van der Waals surface area contributed by atoms with Crippen molar-refractivity contribution < 1.29 is 18.4 Å². The number of carbonyl (C=O) groups excluding carboxylic acids is 1. The van der Waals surface area contributed by atoms with Gasteiger partial charge in [0.2, 0.25) is 0 Å². The van der Waals surface area contributed by atoms with Crippen molar-refractivity contribution in [3.05, 3.63) is 29.8 Å². The Morgan fingerprint density at radius 1 is 1.28 bits per heavy atom. The lowest BCUT2D eigenvalue weighted by atomic mass is 10.2. The molecule has 1 N–H and O–H groups in total. The fourth-order valence-corrected chi connectivity index (χ4v) is 2.67. The molecule has 0 fully saturated rings. The Kier molecular flexibility index (Phi) is 4.61. The highest BCUT2D eigenvalue weighted by atomic mass is 32.2. The van der Waals surface area contributed by atoms with Crippen molar-refractivity contribution >= 4 is 21.3 Å². The van der Waals surface area contributed by atoms with E-state index in [-0.39, 0.29) is 17.0 Å². The number of ketones is 1. The van der Waals surface area contributed by atoms with Gasteiger partial charge in [-0.25, -0.2) is 8.42 Å². The van der Waals surface area contributed by atoms with Gasteiger partial charge in [0.15, 0.2) is 15.6 Å². The molecule has 0 bridgehead atoms. The molecule has 6 heteroatoms. The van der Waals surface area contributed by atoms with Gasteiger partial charge >= 0.3 is 0 Å². The Balaban J connectivity index is 3.02. The van der Waals surface area contributed by atoms with E-state index in [1.165, 1.54) is 12.1 Å². The number of sulfone groups is 1. The molecule has 98 valence electrons. The van der Waals surface area contributed by atoms with Crippen LogP contribution in [0.4, 0.5) is 0 Å². The van der Waals surface area contributed by atoms with Crippen LogP contribution in [0, 0.1) is 6.92 Å². The minimum absolute atomic E-state index is 0.100. The molecule has 0 amide bonds. The summed E-state index contributed by atoms with van der Waals surface area (Å²) < 4.78 is 24.0. The highest BCUT2D eigenvalue weighted by Crippen LogP contribution is 2.12. The van der Waals surface area contributed by atoms with Crippen molar-refractivity contribution in [3.63, 3.8) is 0 Å². The maximum Gasteiger partial charge on any atom is 0.184 e. The lowest BCUT2D eigenvalue weighted by molar-refractivity contribution is -0.112. The molecule has 5 nitrogen and oxygen atoms in total. The van der Waals surface area contributed by atoms with Crippen LogP contribution in [0.1, 0.15) is 18.9 Å². The zero-order chi connectivity index (χ0) is 13.8. The lowest BCUT2D eigenvalue weighted by Crippen LogP contribution is -2.23. The first-order valence-corrected chi connectivity index (χ1v) is 7.09. The summed E-state index contributed by atoms with van der Waals surface area (Å²) in [5.74, 6) is -1.06. The van der Waals surface area contributed by atoms with E-state index in [2.05, 4.69) is 5.16 Å². The van der Waals surface area contributed by atoms with Crippen molar-refractivity contribution in [2.24, 2.45) is 5.16 Å². The molecule has 1 aromatic carbocycles. The highest BCUT2D eigenvalue weighted by Gasteiger charge is 2.21. The standard InChI is InChI=1S/C12H15NO4S/c1-3-12(14)11(13-15)8-18(16,17)10-6-4-9(2)5-7-10/h4-7,15H,3,8H2,1-2H3. The fraction of sp³-hybridized carbons (Fsp3) is 0.333. The van der Waals surface area contributed by atoms with E-state index in [9.17, 15) is 13.2 Å². The van der Waals surface area contributed by atoms with Crippen molar-refractivity contribution in [3.8, 4) is 0 Å². The van der Waals surface area contributed by atoms with Crippen molar-refractivity contribution in [1.29, 1.82) is 0 Å². The number of nitrogens with zero attached hydrogens (tertiary/aromatic N) is 1. The molecule has 0 saturated heterocycles. The van der Waals surface area contributed by atoms with Crippen LogP contribution in [0.5, 0.6) is 0 Å². The van der Waals surface area contributed by atoms with Crippen LogP contribution in [0.2, 0.25) is 0 Å². The fourth-order valence-electron chi connectivity index (χ4n) is 1.38. The highest BCUT2D eigenvalue weighted by molar-refractivity contribution is 7.92. The first-order chi connectivity index (χ1) is 8.40. The van der Waals surface area contributed by atoms with E-state index >= 15 is 0 Å². The van der Waals surface area contributed by atoms with Crippen LogP contribution in [-0.2, 0) is 14.6 Å². The third kappa shape index (κ3) is 3.40. The normalized spacial score (nSPS) is 12.4. The number of rotatable bonds is 5. The molecule has 0 radical (unpaired) electrons. The van der Waals surface area contributed by atoms with E-state index < -0.39 is 21.4 Å². The number of hydrogen-bond acceptors (Lipinski definition) is 5. The van der Waals surface area contributed by atoms with Gasteiger partial charge in [0, 0.05) is 6.42 Å². The summed E-state index contributed by atoms with van der Waals surface area (Å²) in [5, 5.41) is 11.5. The molecule has 0 aromatic heterocycles. The third-order valence-corrected chi connectivity index (χ3v) is 4.11. The van der Waals surface area contributed by atoms with E-state index in [1.54, 1.807) is 19.1 Å². The maximum atomic E-state index is 12.0. The quantitative estimate of drug-likeness (QED) is 0.499. The molecular weight excluding hydrogens is 254 g/mol. The summed E-state index contributed by atoms with van der Waals surface area (Å²) in [5.41, 5.74) is 0.604. The molecular formula is C12H15NO4S. The van der Waals surface area contributed by atoms with Gasteiger partial charge in [-0.05, 0) is 19.1 Å². The first-order valence-electron chi connectivity index (χ1n) is 5.44. The van der Waals surface area contributed by atoms with Gasteiger partial charge in [-0.15, -0.1) is 0 Å². The van der Waals surface area contributed by atoms with Gasteiger partial charge in [0.05, 0.1) is 4.90 Å². The zero-order valence-corrected chi connectivity index (χ0v) is 11.1. The van der Waals surface area contributed by atoms with Gasteiger partial charge in [0.25, 0.3) is 0 Å². The Bertz CT molecular complexity index is 558. The summed E-state index contributed by atoms with van der Waals surface area (Å²) >= 11 is 0. The second-order valence-corrected chi connectivity index (χ2v) is 5.89. The Labute approximate surface area is 106 Å². The number of oxime groups is 1.